The van der Waals surface area contributed by atoms with Crippen molar-refractivity contribution in [2.24, 2.45) is 5.92 Å². The molecule has 1 atom stereocenters. The summed E-state index contributed by atoms with van der Waals surface area (Å²) in [7, 11) is 1.65. The predicted molar refractivity (Wildman–Crippen MR) is 101 cm³/mol. The van der Waals surface area contributed by atoms with E-state index in [0.717, 1.165) is 42.0 Å². The minimum atomic E-state index is 0.0388. The van der Waals surface area contributed by atoms with Crippen molar-refractivity contribution in [2.45, 2.75) is 12.8 Å². The van der Waals surface area contributed by atoms with Gasteiger partial charge in [0.15, 0.2) is 0 Å². The normalized spacial score (nSPS) is 16.9. The van der Waals surface area contributed by atoms with Crippen LogP contribution in [0, 0.1) is 5.92 Å². The Kier molecular flexibility index (Phi) is 4.44. The fourth-order valence-corrected chi connectivity index (χ4v) is 3.57. The van der Waals surface area contributed by atoms with Gasteiger partial charge in [-0.25, -0.2) is 0 Å². The standard InChI is InChI=1S/C21H21N3O2/c1-26-20-12-18(7-8-19(20)17-13-22-23-14-17)24-10-9-16(21(24)25)11-15-5-3-2-4-6-15/h2-8,12-14,16H,9-11H2,1H3,(H,22,23)/t16-/m1/s1. The molecule has 1 fully saturated rings. The Morgan fingerprint density at radius 1 is 1.23 bits per heavy atom. The predicted octanol–water partition coefficient (Wildman–Crippen LogP) is 3.68. The lowest BCUT2D eigenvalue weighted by atomic mass is 9.98. The first-order valence-electron chi connectivity index (χ1n) is 8.79. The Labute approximate surface area is 152 Å². The van der Waals surface area contributed by atoms with E-state index in [4.69, 9.17) is 4.74 Å². The maximum absolute atomic E-state index is 12.9. The van der Waals surface area contributed by atoms with Gasteiger partial charge < -0.3 is 9.64 Å². The van der Waals surface area contributed by atoms with Gasteiger partial charge >= 0.3 is 0 Å². The van der Waals surface area contributed by atoms with Gasteiger partial charge in [0.25, 0.3) is 0 Å². The molecule has 4 rings (SSSR count). The quantitative estimate of drug-likeness (QED) is 0.766. The molecule has 5 heteroatoms. The van der Waals surface area contributed by atoms with Crippen LogP contribution in [-0.4, -0.2) is 29.8 Å². The fraction of sp³-hybridized carbons (Fsp3) is 0.238. The van der Waals surface area contributed by atoms with Gasteiger partial charge in [0.2, 0.25) is 5.91 Å². The zero-order valence-electron chi connectivity index (χ0n) is 14.7. The minimum Gasteiger partial charge on any atom is -0.496 e. The van der Waals surface area contributed by atoms with Gasteiger partial charge in [-0.1, -0.05) is 30.3 Å². The van der Waals surface area contributed by atoms with Crippen molar-refractivity contribution < 1.29 is 9.53 Å². The van der Waals surface area contributed by atoms with Crippen molar-refractivity contribution in [3.63, 3.8) is 0 Å². The van der Waals surface area contributed by atoms with E-state index in [1.165, 1.54) is 5.56 Å². The molecule has 1 saturated heterocycles. The lowest BCUT2D eigenvalue weighted by molar-refractivity contribution is -0.120. The zero-order valence-corrected chi connectivity index (χ0v) is 14.7. The highest BCUT2D eigenvalue weighted by atomic mass is 16.5. The molecule has 1 amide bonds. The van der Waals surface area contributed by atoms with Gasteiger partial charge in [-0.15, -0.1) is 0 Å². The Bertz CT molecular complexity index is 891. The molecule has 0 radical (unpaired) electrons. The average Bonchev–Trinajstić information content (AvgIpc) is 3.33. The van der Waals surface area contributed by atoms with E-state index in [1.807, 2.05) is 47.5 Å². The lowest BCUT2D eigenvalue weighted by Gasteiger charge is -2.19. The van der Waals surface area contributed by atoms with E-state index in [2.05, 4.69) is 22.3 Å². The monoisotopic (exact) mass is 347 g/mol. The Hall–Kier alpha value is -3.08. The molecule has 0 bridgehead atoms. The summed E-state index contributed by atoms with van der Waals surface area (Å²) in [5.41, 5.74) is 4.01. The van der Waals surface area contributed by atoms with E-state index in [1.54, 1.807) is 13.3 Å². The largest absolute Gasteiger partial charge is 0.496 e. The SMILES string of the molecule is COc1cc(N2CC[C@H](Cc3ccccc3)C2=O)ccc1-c1cn[nH]c1. The molecule has 0 aliphatic carbocycles. The molecular formula is C21H21N3O2. The number of aromatic amines is 1. The van der Waals surface area contributed by atoms with Crippen LogP contribution in [0.1, 0.15) is 12.0 Å². The average molecular weight is 347 g/mol. The number of nitrogens with one attached hydrogen (secondary N) is 1. The van der Waals surface area contributed by atoms with E-state index < -0.39 is 0 Å². The van der Waals surface area contributed by atoms with Crippen molar-refractivity contribution in [1.29, 1.82) is 0 Å². The molecule has 1 aliphatic heterocycles. The summed E-state index contributed by atoms with van der Waals surface area (Å²) in [4.78, 5) is 14.8. The molecule has 0 spiro atoms. The fourth-order valence-electron chi connectivity index (χ4n) is 3.57. The Balaban J connectivity index is 1.55. The molecule has 0 unspecified atom stereocenters. The van der Waals surface area contributed by atoms with E-state index in [9.17, 15) is 4.79 Å². The van der Waals surface area contributed by atoms with Crippen molar-refractivity contribution in [1.82, 2.24) is 10.2 Å². The van der Waals surface area contributed by atoms with Crippen LogP contribution in [0.5, 0.6) is 5.75 Å². The highest BCUT2D eigenvalue weighted by molar-refractivity contribution is 5.98. The van der Waals surface area contributed by atoms with Crippen LogP contribution in [0.4, 0.5) is 5.69 Å². The number of methoxy groups -OCH3 is 1. The van der Waals surface area contributed by atoms with Crippen molar-refractivity contribution in [3.05, 3.63) is 66.5 Å². The van der Waals surface area contributed by atoms with Crippen LogP contribution >= 0.6 is 0 Å². The van der Waals surface area contributed by atoms with Crippen molar-refractivity contribution >= 4 is 11.6 Å². The van der Waals surface area contributed by atoms with Gasteiger partial charge in [0, 0.05) is 41.5 Å². The molecule has 132 valence electrons. The summed E-state index contributed by atoms with van der Waals surface area (Å²) in [5.74, 6) is 0.965. The molecule has 26 heavy (non-hydrogen) atoms. The van der Waals surface area contributed by atoms with Gasteiger partial charge in [0.05, 0.1) is 13.3 Å². The number of hydrogen-bond donors (Lipinski definition) is 1. The number of amides is 1. The van der Waals surface area contributed by atoms with E-state index in [0.29, 0.717) is 0 Å². The van der Waals surface area contributed by atoms with Crippen LogP contribution < -0.4 is 9.64 Å². The summed E-state index contributed by atoms with van der Waals surface area (Å²) in [6.45, 7) is 0.741. The number of carbonyl (C=O) groups excluding carboxylic acids is 1. The van der Waals surface area contributed by atoms with Crippen LogP contribution in [0.15, 0.2) is 60.9 Å². The van der Waals surface area contributed by atoms with Crippen LogP contribution in [0.25, 0.3) is 11.1 Å². The molecule has 2 heterocycles. The summed E-state index contributed by atoms with van der Waals surface area (Å²) in [5, 5.41) is 6.81. The number of benzene rings is 2. The van der Waals surface area contributed by atoms with Crippen molar-refractivity contribution in [2.75, 3.05) is 18.6 Å². The number of carbonyl (C=O) groups is 1. The highest BCUT2D eigenvalue weighted by Gasteiger charge is 2.32. The third-order valence-electron chi connectivity index (χ3n) is 4.95. The maximum atomic E-state index is 12.9. The number of rotatable bonds is 5. The van der Waals surface area contributed by atoms with Crippen molar-refractivity contribution in [3.8, 4) is 16.9 Å². The third kappa shape index (κ3) is 3.08. The molecule has 3 aromatic rings. The summed E-state index contributed by atoms with van der Waals surface area (Å²) in [6, 6.07) is 16.1. The van der Waals surface area contributed by atoms with Gasteiger partial charge in [0.1, 0.15) is 5.75 Å². The maximum Gasteiger partial charge on any atom is 0.230 e. The topological polar surface area (TPSA) is 58.2 Å². The summed E-state index contributed by atoms with van der Waals surface area (Å²) in [6.07, 6.45) is 5.25. The zero-order chi connectivity index (χ0) is 17.9. The second kappa shape index (κ2) is 7.04. The summed E-state index contributed by atoms with van der Waals surface area (Å²) < 4.78 is 5.55. The molecule has 2 aromatic carbocycles. The minimum absolute atomic E-state index is 0.0388. The number of hydrogen-bond acceptors (Lipinski definition) is 3. The number of aromatic nitrogens is 2. The van der Waals surface area contributed by atoms with Crippen LogP contribution in [0.3, 0.4) is 0 Å². The first-order valence-corrected chi connectivity index (χ1v) is 8.79. The third-order valence-corrected chi connectivity index (χ3v) is 4.95. The lowest BCUT2D eigenvalue weighted by Crippen LogP contribution is -2.27. The Morgan fingerprint density at radius 3 is 2.81 bits per heavy atom. The van der Waals surface area contributed by atoms with E-state index >= 15 is 0 Å². The summed E-state index contributed by atoms with van der Waals surface area (Å²) >= 11 is 0. The first kappa shape index (κ1) is 16.4. The Morgan fingerprint density at radius 2 is 2.08 bits per heavy atom. The van der Waals surface area contributed by atoms with Gasteiger partial charge in [-0.2, -0.15) is 5.10 Å². The molecule has 1 N–H and O–H groups in total. The number of H-pyrrole nitrogens is 1. The second-order valence-corrected chi connectivity index (χ2v) is 6.54. The molecule has 1 aromatic heterocycles. The highest BCUT2D eigenvalue weighted by Crippen LogP contribution is 2.35. The smallest absolute Gasteiger partial charge is 0.230 e. The molecular weight excluding hydrogens is 326 g/mol. The van der Waals surface area contributed by atoms with Crippen LogP contribution in [-0.2, 0) is 11.2 Å². The number of ether oxygens (including phenoxy) is 1. The second-order valence-electron chi connectivity index (χ2n) is 6.54. The van der Waals surface area contributed by atoms with Crippen LogP contribution in [0.2, 0.25) is 0 Å². The van der Waals surface area contributed by atoms with Gasteiger partial charge in [-0.3, -0.25) is 9.89 Å². The number of anilines is 1. The molecule has 1 aliphatic rings. The van der Waals surface area contributed by atoms with E-state index in [-0.39, 0.29) is 11.8 Å². The first-order chi connectivity index (χ1) is 12.8. The van der Waals surface area contributed by atoms with Gasteiger partial charge in [-0.05, 0) is 30.5 Å². The molecule has 5 nitrogen and oxygen atoms in total. The number of nitrogens with zero attached hydrogens (tertiary/aromatic N) is 2. The molecule has 0 saturated carbocycles.